The monoisotopic (exact) mass is 268 g/mol. The van der Waals surface area contributed by atoms with E-state index in [0.29, 0.717) is 0 Å². The number of nitrogens with one attached hydrogen (secondary N) is 1. The molecule has 19 heavy (non-hydrogen) atoms. The highest BCUT2D eigenvalue weighted by Crippen LogP contribution is 2.25. The van der Waals surface area contributed by atoms with Crippen LogP contribution in [0.5, 0.6) is 0 Å². The third-order valence-electron chi connectivity index (χ3n) is 3.28. The molecule has 0 atom stereocenters. The van der Waals surface area contributed by atoms with Crippen LogP contribution in [0.4, 0.5) is 0 Å². The summed E-state index contributed by atoms with van der Waals surface area (Å²) in [5, 5.41) is 0. The lowest BCUT2D eigenvalue weighted by atomic mass is 10.1. The van der Waals surface area contributed by atoms with Crippen LogP contribution in [0.2, 0.25) is 0 Å². The van der Waals surface area contributed by atoms with E-state index in [0.717, 1.165) is 22.4 Å². The van der Waals surface area contributed by atoms with E-state index in [1.54, 1.807) is 11.8 Å². The fourth-order valence-electron chi connectivity index (χ4n) is 2.36. The molecule has 2 nitrogen and oxygen atoms in total. The van der Waals surface area contributed by atoms with Crippen LogP contribution < -0.4 is 0 Å². The Hall–Kier alpha value is -1.74. The minimum atomic E-state index is 0.941. The van der Waals surface area contributed by atoms with Crippen LogP contribution in [-0.2, 0) is 0 Å². The molecule has 0 aliphatic carbocycles. The van der Waals surface area contributed by atoms with Crippen LogP contribution in [0.25, 0.3) is 22.4 Å². The van der Waals surface area contributed by atoms with Crippen molar-refractivity contribution >= 4 is 22.8 Å². The fraction of sp³-hybridized carbons (Fsp3) is 0.188. The Morgan fingerprint density at radius 3 is 2.47 bits per heavy atom. The van der Waals surface area contributed by atoms with Crippen molar-refractivity contribution in [2.75, 3.05) is 6.26 Å². The number of H-pyrrole nitrogens is 1. The normalized spacial score (nSPS) is 11.1. The lowest BCUT2D eigenvalue weighted by Crippen LogP contribution is -1.80. The summed E-state index contributed by atoms with van der Waals surface area (Å²) in [7, 11) is 0. The fourth-order valence-corrected chi connectivity index (χ4v) is 2.76. The van der Waals surface area contributed by atoms with E-state index in [2.05, 4.69) is 61.5 Å². The topological polar surface area (TPSA) is 28.7 Å². The lowest BCUT2D eigenvalue weighted by molar-refractivity contribution is 1.32. The quantitative estimate of drug-likeness (QED) is 0.690. The van der Waals surface area contributed by atoms with E-state index in [1.807, 2.05) is 0 Å². The van der Waals surface area contributed by atoms with Gasteiger partial charge in [-0.1, -0.05) is 18.2 Å². The van der Waals surface area contributed by atoms with Crippen molar-refractivity contribution in [2.24, 2.45) is 0 Å². The summed E-state index contributed by atoms with van der Waals surface area (Å²) in [6.45, 7) is 4.22. The van der Waals surface area contributed by atoms with Gasteiger partial charge in [0.2, 0.25) is 0 Å². The van der Waals surface area contributed by atoms with Crippen molar-refractivity contribution in [1.82, 2.24) is 9.97 Å². The zero-order chi connectivity index (χ0) is 13.4. The molecule has 0 bridgehead atoms. The molecule has 0 unspecified atom stereocenters. The summed E-state index contributed by atoms with van der Waals surface area (Å²) in [4.78, 5) is 9.40. The van der Waals surface area contributed by atoms with Gasteiger partial charge in [0, 0.05) is 10.5 Å². The van der Waals surface area contributed by atoms with Crippen molar-refractivity contribution in [3.05, 3.63) is 47.5 Å². The average Bonchev–Trinajstić information content (AvgIpc) is 2.83. The molecule has 1 aromatic heterocycles. The highest BCUT2D eigenvalue weighted by Gasteiger charge is 2.07. The molecule has 3 aromatic rings. The molecule has 0 saturated heterocycles. The van der Waals surface area contributed by atoms with Gasteiger partial charge in [0.05, 0.1) is 11.0 Å². The van der Waals surface area contributed by atoms with Crippen molar-refractivity contribution in [3.63, 3.8) is 0 Å². The maximum absolute atomic E-state index is 4.72. The lowest BCUT2D eigenvalue weighted by Gasteiger charge is -1.98. The zero-order valence-electron chi connectivity index (χ0n) is 11.3. The number of hydrogen-bond donors (Lipinski definition) is 1. The molecule has 1 heterocycles. The smallest absolute Gasteiger partial charge is 0.138 e. The van der Waals surface area contributed by atoms with Crippen LogP contribution in [0.15, 0.2) is 41.3 Å². The molecule has 0 radical (unpaired) electrons. The van der Waals surface area contributed by atoms with Gasteiger partial charge in [-0.05, 0) is 49.4 Å². The molecule has 3 heteroatoms. The van der Waals surface area contributed by atoms with Gasteiger partial charge in [0.1, 0.15) is 5.82 Å². The summed E-state index contributed by atoms with van der Waals surface area (Å²) >= 11 is 1.75. The molecule has 3 rings (SSSR count). The Balaban J connectivity index is 2.12. The van der Waals surface area contributed by atoms with Gasteiger partial charge in [0.25, 0.3) is 0 Å². The first-order chi connectivity index (χ1) is 9.17. The minimum absolute atomic E-state index is 0.941. The Labute approximate surface area is 117 Å². The highest BCUT2D eigenvalue weighted by molar-refractivity contribution is 7.98. The van der Waals surface area contributed by atoms with Crippen LogP contribution in [-0.4, -0.2) is 16.2 Å². The van der Waals surface area contributed by atoms with E-state index in [1.165, 1.54) is 16.0 Å². The molecule has 1 N–H and O–H groups in total. The van der Waals surface area contributed by atoms with Crippen LogP contribution >= 0.6 is 11.8 Å². The van der Waals surface area contributed by atoms with Crippen molar-refractivity contribution in [1.29, 1.82) is 0 Å². The molecule has 0 aliphatic rings. The molecule has 96 valence electrons. The molecule has 2 aromatic carbocycles. The Morgan fingerprint density at radius 1 is 1.05 bits per heavy atom. The third-order valence-corrected chi connectivity index (χ3v) is 4.03. The SMILES string of the molecule is CSc1ccc(-c2nc3c(C)cc(C)cc3[nH]2)cc1. The Bertz CT molecular complexity index is 726. The van der Waals surface area contributed by atoms with Gasteiger partial charge in [0.15, 0.2) is 0 Å². The standard InChI is InChI=1S/C16H16N2S/c1-10-8-11(2)15-14(9-10)17-16(18-15)12-4-6-13(19-3)7-5-12/h4-9H,1-3H3,(H,17,18). The molecule has 0 saturated carbocycles. The maximum Gasteiger partial charge on any atom is 0.138 e. The number of aromatic nitrogens is 2. The molecular formula is C16H16N2S. The highest BCUT2D eigenvalue weighted by atomic mass is 32.2. The van der Waals surface area contributed by atoms with Gasteiger partial charge >= 0.3 is 0 Å². The largest absolute Gasteiger partial charge is 0.338 e. The molecule has 0 spiro atoms. The summed E-state index contributed by atoms with van der Waals surface area (Å²) in [6.07, 6.45) is 2.09. The van der Waals surface area contributed by atoms with Crippen molar-refractivity contribution in [3.8, 4) is 11.4 Å². The predicted molar refractivity (Wildman–Crippen MR) is 82.8 cm³/mol. The third kappa shape index (κ3) is 2.26. The van der Waals surface area contributed by atoms with E-state index in [-0.39, 0.29) is 0 Å². The summed E-state index contributed by atoms with van der Waals surface area (Å²) < 4.78 is 0. The van der Waals surface area contributed by atoms with Gasteiger partial charge in [-0.2, -0.15) is 0 Å². The average molecular weight is 268 g/mol. The van der Waals surface area contributed by atoms with Gasteiger partial charge in [-0.25, -0.2) is 4.98 Å². The first kappa shape index (κ1) is 12.3. The molecule has 0 fully saturated rings. The van der Waals surface area contributed by atoms with Gasteiger partial charge in [-0.3, -0.25) is 0 Å². The number of aromatic amines is 1. The zero-order valence-corrected chi connectivity index (χ0v) is 12.1. The van der Waals surface area contributed by atoms with E-state index >= 15 is 0 Å². The summed E-state index contributed by atoms with van der Waals surface area (Å²) in [6, 6.07) is 12.8. The van der Waals surface area contributed by atoms with Gasteiger partial charge in [-0.15, -0.1) is 11.8 Å². The van der Waals surface area contributed by atoms with Gasteiger partial charge < -0.3 is 4.98 Å². The molecule has 0 aliphatic heterocycles. The number of hydrogen-bond acceptors (Lipinski definition) is 2. The molecule has 0 amide bonds. The first-order valence-corrected chi connectivity index (χ1v) is 7.51. The predicted octanol–water partition coefficient (Wildman–Crippen LogP) is 4.57. The number of nitrogens with zero attached hydrogens (tertiary/aromatic N) is 1. The Kier molecular flexibility index (Phi) is 3.07. The number of rotatable bonds is 2. The summed E-state index contributed by atoms with van der Waals surface area (Å²) in [5.41, 5.74) is 5.79. The number of benzene rings is 2. The van der Waals surface area contributed by atoms with Crippen LogP contribution in [0.1, 0.15) is 11.1 Å². The second kappa shape index (κ2) is 4.74. The number of aryl methyl sites for hydroxylation is 2. The van der Waals surface area contributed by atoms with E-state index in [4.69, 9.17) is 4.98 Å². The Morgan fingerprint density at radius 2 is 1.79 bits per heavy atom. The van der Waals surface area contributed by atoms with E-state index in [9.17, 15) is 0 Å². The number of fused-ring (bicyclic) bond motifs is 1. The number of imidazole rings is 1. The summed E-state index contributed by atoms with van der Waals surface area (Å²) in [5.74, 6) is 0.941. The molecular weight excluding hydrogens is 252 g/mol. The second-order valence-electron chi connectivity index (χ2n) is 4.79. The van der Waals surface area contributed by atoms with E-state index < -0.39 is 0 Å². The second-order valence-corrected chi connectivity index (χ2v) is 5.67. The maximum atomic E-state index is 4.72. The first-order valence-electron chi connectivity index (χ1n) is 6.29. The van der Waals surface area contributed by atoms with Crippen LogP contribution in [0, 0.1) is 13.8 Å². The van der Waals surface area contributed by atoms with Crippen molar-refractivity contribution in [2.45, 2.75) is 18.7 Å². The van der Waals surface area contributed by atoms with Crippen LogP contribution in [0.3, 0.4) is 0 Å². The number of thioether (sulfide) groups is 1. The minimum Gasteiger partial charge on any atom is -0.338 e. The van der Waals surface area contributed by atoms with Crippen molar-refractivity contribution < 1.29 is 0 Å².